The van der Waals surface area contributed by atoms with Gasteiger partial charge in [0.15, 0.2) is 11.6 Å². The minimum Gasteiger partial charge on any atom is -0.494 e. The van der Waals surface area contributed by atoms with Crippen molar-refractivity contribution in [3.8, 4) is 16.9 Å². The maximum atomic E-state index is 14.8. The Bertz CT molecular complexity index is 817. The molecule has 3 nitrogen and oxygen atoms in total. The fourth-order valence-corrected chi connectivity index (χ4v) is 3.57. The van der Waals surface area contributed by atoms with Gasteiger partial charge in [-0.15, -0.1) is 0 Å². The lowest BCUT2D eigenvalue weighted by molar-refractivity contribution is -0.0448. The molecule has 1 aliphatic rings. The standard InChI is InChI=1S/C23H27F3O3/c1-3-11-27-13-15-5-10-21(29-14-15)19-9-8-18(22(25)23(19)26)17-7-6-16(28-4-2)12-20(17)24/h6-9,12,15,21H,3-5,10-11,13-14H2,1-2H3. The van der Waals surface area contributed by atoms with Crippen molar-refractivity contribution in [1.82, 2.24) is 0 Å². The lowest BCUT2D eigenvalue weighted by Crippen LogP contribution is -2.25. The molecule has 0 N–H and O–H groups in total. The molecule has 0 saturated carbocycles. The normalized spacial score (nSPS) is 19.3. The highest BCUT2D eigenvalue weighted by Gasteiger charge is 2.27. The third kappa shape index (κ3) is 5.11. The molecule has 1 heterocycles. The zero-order chi connectivity index (χ0) is 20.8. The number of ether oxygens (including phenoxy) is 3. The molecular weight excluding hydrogens is 381 g/mol. The third-order valence-electron chi connectivity index (χ3n) is 5.07. The van der Waals surface area contributed by atoms with Crippen LogP contribution in [-0.2, 0) is 9.47 Å². The van der Waals surface area contributed by atoms with Crippen LogP contribution in [0.2, 0.25) is 0 Å². The van der Waals surface area contributed by atoms with Crippen molar-refractivity contribution < 1.29 is 27.4 Å². The molecule has 0 amide bonds. The highest BCUT2D eigenvalue weighted by Crippen LogP contribution is 2.36. The molecule has 0 spiro atoms. The summed E-state index contributed by atoms with van der Waals surface area (Å²) in [6.07, 6.45) is 1.87. The average Bonchev–Trinajstić information content (AvgIpc) is 2.72. The summed E-state index contributed by atoms with van der Waals surface area (Å²) in [5, 5.41) is 0. The molecule has 0 aliphatic carbocycles. The van der Waals surface area contributed by atoms with Gasteiger partial charge in [0, 0.05) is 35.3 Å². The van der Waals surface area contributed by atoms with Crippen molar-refractivity contribution in [3.63, 3.8) is 0 Å². The van der Waals surface area contributed by atoms with E-state index >= 15 is 0 Å². The van der Waals surface area contributed by atoms with Crippen LogP contribution < -0.4 is 4.74 Å². The van der Waals surface area contributed by atoms with E-state index in [4.69, 9.17) is 14.2 Å². The number of hydrogen-bond donors (Lipinski definition) is 0. The van der Waals surface area contributed by atoms with Crippen LogP contribution in [0.4, 0.5) is 13.2 Å². The molecule has 0 bridgehead atoms. The van der Waals surface area contributed by atoms with Gasteiger partial charge in [0.05, 0.1) is 25.9 Å². The van der Waals surface area contributed by atoms with Gasteiger partial charge in [0.1, 0.15) is 11.6 Å². The molecule has 0 aromatic heterocycles. The Morgan fingerprint density at radius 2 is 1.79 bits per heavy atom. The first-order valence-electron chi connectivity index (χ1n) is 10.1. The van der Waals surface area contributed by atoms with Gasteiger partial charge in [0.25, 0.3) is 0 Å². The molecule has 2 aromatic rings. The fraction of sp³-hybridized carbons (Fsp3) is 0.478. The van der Waals surface area contributed by atoms with Crippen LogP contribution >= 0.6 is 0 Å². The van der Waals surface area contributed by atoms with Crippen molar-refractivity contribution in [2.75, 3.05) is 26.4 Å². The maximum Gasteiger partial charge on any atom is 0.167 e. The van der Waals surface area contributed by atoms with E-state index in [0.717, 1.165) is 12.8 Å². The van der Waals surface area contributed by atoms with Crippen LogP contribution in [0.1, 0.15) is 44.8 Å². The second-order valence-electron chi connectivity index (χ2n) is 7.25. The summed E-state index contributed by atoms with van der Waals surface area (Å²) >= 11 is 0. The zero-order valence-electron chi connectivity index (χ0n) is 16.8. The quantitative estimate of drug-likeness (QED) is 0.497. The second-order valence-corrected chi connectivity index (χ2v) is 7.25. The van der Waals surface area contributed by atoms with E-state index in [1.54, 1.807) is 6.92 Å². The Morgan fingerprint density at radius 1 is 1.00 bits per heavy atom. The van der Waals surface area contributed by atoms with E-state index in [9.17, 15) is 13.2 Å². The largest absolute Gasteiger partial charge is 0.494 e. The predicted molar refractivity (Wildman–Crippen MR) is 105 cm³/mol. The van der Waals surface area contributed by atoms with Crippen LogP contribution in [0.3, 0.4) is 0 Å². The van der Waals surface area contributed by atoms with Crippen molar-refractivity contribution in [2.45, 2.75) is 39.2 Å². The monoisotopic (exact) mass is 408 g/mol. The number of halogens is 3. The van der Waals surface area contributed by atoms with Crippen molar-refractivity contribution in [3.05, 3.63) is 53.3 Å². The first kappa shape index (κ1) is 21.7. The zero-order valence-corrected chi connectivity index (χ0v) is 16.8. The number of hydrogen-bond acceptors (Lipinski definition) is 3. The Labute approximate surface area is 169 Å². The molecule has 3 rings (SSSR count). The minimum absolute atomic E-state index is 0.00546. The van der Waals surface area contributed by atoms with Gasteiger partial charge in [-0.2, -0.15) is 0 Å². The smallest absolute Gasteiger partial charge is 0.167 e. The fourth-order valence-electron chi connectivity index (χ4n) is 3.57. The van der Waals surface area contributed by atoms with E-state index in [2.05, 4.69) is 0 Å². The summed E-state index contributed by atoms with van der Waals surface area (Å²) in [6.45, 7) is 6.01. The van der Waals surface area contributed by atoms with Crippen molar-refractivity contribution in [2.24, 2.45) is 5.92 Å². The molecule has 2 unspecified atom stereocenters. The first-order valence-corrected chi connectivity index (χ1v) is 10.1. The first-order chi connectivity index (χ1) is 14.0. The van der Waals surface area contributed by atoms with Crippen LogP contribution in [0.15, 0.2) is 30.3 Å². The SMILES string of the molecule is CCCOCC1CCC(c2ccc(-c3ccc(OCC)cc3F)c(F)c2F)OC1. The minimum atomic E-state index is -1.07. The van der Waals surface area contributed by atoms with Crippen LogP contribution in [-0.4, -0.2) is 26.4 Å². The molecule has 2 aromatic carbocycles. The number of benzene rings is 2. The summed E-state index contributed by atoms with van der Waals surface area (Å²) in [6, 6.07) is 7.01. The van der Waals surface area contributed by atoms with E-state index < -0.39 is 23.6 Å². The van der Waals surface area contributed by atoms with Crippen LogP contribution in [0, 0.1) is 23.4 Å². The predicted octanol–water partition coefficient (Wildman–Crippen LogP) is 6.06. The van der Waals surface area contributed by atoms with E-state index in [-0.39, 0.29) is 22.6 Å². The molecule has 0 radical (unpaired) electrons. The van der Waals surface area contributed by atoms with Gasteiger partial charge in [-0.3, -0.25) is 0 Å². The molecule has 1 aliphatic heterocycles. The van der Waals surface area contributed by atoms with E-state index in [1.165, 1.54) is 30.3 Å². The average molecular weight is 408 g/mol. The molecular formula is C23H27F3O3. The topological polar surface area (TPSA) is 27.7 Å². The molecule has 158 valence electrons. The van der Waals surface area contributed by atoms with Gasteiger partial charge in [0.2, 0.25) is 0 Å². The summed E-state index contributed by atoms with van der Waals surface area (Å²) in [5.74, 6) is -2.10. The molecule has 1 fully saturated rings. The lowest BCUT2D eigenvalue weighted by Gasteiger charge is -2.29. The number of rotatable bonds is 8. The molecule has 2 atom stereocenters. The summed E-state index contributed by atoms with van der Waals surface area (Å²) in [4.78, 5) is 0. The highest BCUT2D eigenvalue weighted by molar-refractivity contribution is 5.66. The van der Waals surface area contributed by atoms with Gasteiger partial charge < -0.3 is 14.2 Å². The van der Waals surface area contributed by atoms with Gasteiger partial charge >= 0.3 is 0 Å². The molecule has 6 heteroatoms. The van der Waals surface area contributed by atoms with Gasteiger partial charge in [-0.1, -0.05) is 19.1 Å². The van der Waals surface area contributed by atoms with Gasteiger partial charge in [-0.25, -0.2) is 13.2 Å². The Morgan fingerprint density at radius 3 is 2.45 bits per heavy atom. The molecule has 29 heavy (non-hydrogen) atoms. The highest BCUT2D eigenvalue weighted by atomic mass is 19.2. The summed E-state index contributed by atoms with van der Waals surface area (Å²) < 4.78 is 60.5. The van der Waals surface area contributed by atoms with Gasteiger partial charge in [-0.05, 0) is 38.3 Å². The molecule has 1 saturated heterocycles. The summed E-state index contributed by atoms with van der Waals surface area (Å²) in [7, 11) is 0. The van der Waals surface area contributed by atoms with E-state index in [1.807, 2.05) is 6.92 Å². The second kappa shape index (κ2) is 10.1. The van der Waals surface area contributed by atoms with E-state index in [0.29, 0.717) is 38.6 Å². The lowest BCUT2D eigenvalue weighted by atomic mass is 9.93. The maximum absolute atomic E-state index is 14.8. The summed E-state index contributed by atoms with van der Waals surface area (Å²) in [5.41, 5.74) is 0.0491. The Hall–Kier alpha value is -2.05. The third-order valence-corrected chi connectivity index (χ3v) is 5.07. The van der Waals surface area contributed by atoms with Crippen LogP contribution in [0.5, 0.6) is 5.75 Å². The van der Waals surface area contributed by atoms with Crippen molar-refractivity contribution in [1.29, 1.82) is 0 Å². The Balaban J connectivity index is 1.74. The van der Waals surface area contributed by atoms with Crippen molar-refractivity contribution >= 4 is 0 Å². The van der Waals surface area contributed by atoms with Crippen LogP contribution in [0.25, 0.3) is 11.1 Å². The Kier molecular flexibility index (Phi) is 7.56.